The standard InChI is InChI=1S/C11H14O2S/c1-8(2)13-11(12)9(3)7-10-5-4-6-14-10/h4-6,8H,3,7H2,1-2H3. The summed E-state index contributed by atoms with van der Waals surface area (Å²) < 4.78 is 5.03. The lowest BCUT2D eigenvalue weighted by molar-refractivity contribution is -0.142. The number of hydrogen-bond acceptors (Lipinski definition) is 3. The summed E-state index contributed by atoms with van der Waals surface area (Å²) in [6, 6.07) is 3.94. The van der Waals surface area contributed by atoms with E-state index in [4.69, 9.17) is 4.74 Å². The molecule has 0 fully saturated rings. The highest BCUT2D eigenvalue weighted by Crippen LogP contribution is 2.14. The van der Waals surface area contributed by atoms with Gasteiger partial charge in [-0.3, -0.25) is 0 Å². The smallest absolute Gasteiger partial charge is 0.334 e. The molecule has 0 spiro atoms. The van der Waals surface area contributed by atoms with Crippen LogP contribution in [0.1, 0.15) is 18.7 Å². The van der Waals surface area contributed by atoms with Crippen LogP contribution in [0.15, 0.2) is 29.7 Å². The zero-order chi connectivity index (χ0) is 10.6. The van der Waals surface area contributed by atoms with Gasteiger partial charge in [-0.1, -0.05) is 12.6 Å². The number of rotatable bonds is 4. The number of thiophene rings is 1. The maximum Gasteiger partial charge on any atom is 0.334 e. The Balaban J connectivity index is 2.46. The van der Waals surface area contributed by atoms with Crippen LogP contribution in [-0.4, -0.2) is 12.1 Å². The van der Waals surface area contributed by atoms with Crippen molar-refractivity contribution in [2.75, 3.05) is 0 Å². The zero-order valence-corrected chi connectivity index (χ0v) is 9.26. The molecule has 2 nitrogen and oxygen atoms in total. The van der Waals surface area contributed by atoms with E-state index in [0.717, 1.165) is 4.88 Å². The molecule has 1 aromatic heterocycles. The Morgan fingerprint density at radius 3 is 2.86 bits per heavy atom. The number of hydrogen-bond donors (Lipinski definition) is 0. The van der Waals surface area contributed by atoms with Gasteiger partial charge in [-0.15, -0.1) is 11.3 Å². The lowest BCUT2D eigenvalue weighted by Crippen LogP contribution is -2.14. The first-order valence-electron chi connectivity index (χ1n) is 4.50. The van der Waals surface area contributed by atoms with E-state index in [9.17, 15) is 4.79 Å². The maximum atomic E-state index is 11.4. The van der Waals surface area contributed by atoms with Crippen molar-refractivity contribution in [1.82, 2.24) is 0 Å². The lowest BCUT2D eigenvalue weighted by atomic mass is 10.2. The van der Waals surface area contributed by atoms with Crippen LogP contribution in [0, 0.1) is 0 Å². The Kier molecular flexibility index (Phi) is 3.89. The van der Waals surface area contributed by atoms with Crippen molar-refractivity contribution in [2.45, 2.75) is 26.4 Å². The van der Waals surface area contributed by atoms with Crippen LogP contribution >= 0.6 is 11.3 Å². The van der Waals surface area contributed by atoms with Crippen LogP contribution in [0.25, 0.3) is 0 Å². The van der Waals surface area contributed by atoms with Gasteiger partial charge in [0.2, 0.25) is 0 Å². The molecule has 0 amide bonds. The molecule has 0 N–H and O–H groups in total. The van der Waals surface area contributed by atoms with Crippen LogP contribution in [0.2, 0.25) is 0 Å². The summed E-state index contributed by atoms with van der Waals surface area (Å²) >= 11 is 1.62. The molecule has 1 rings (SSSR count). The van der Waals surface area contributed by atoms with Gasteiger partial charge >= 0.3 is 5.97 Å². The summed E-state index contributed by atoms with van der Waals surface area (Å²) in [6.45, 7) is 7.37. The van der Waals surface area contributed by atoms with Gasteiger partial charge in [-0.25, -0.2) is 4.79 Å². The Hall–Kier alpha value is -1.09. The van der Waals surface area contributed by atoms with E-state index >= 15 is 0 Å². The lowest BCUT2D eigenvalue weighted by Gasteiger charge is -2.08. The molecule has 0 unspecified atom stereocenters. The molecular formula is C11H14O2S. The van der Waals surface area contributed by atoms with Gasteiger partial charge in [0, 0.05) is 16.9 Å². The predicted octanol–water partition coefficient (Wildman–Crippen LogP) is 2.80. The summed E-state index contributed by atoms with van der Waals surface area (Å²) in [5.41, 5.74) is 0.515. The first kappa shape index (κ1) is 11.0. The molecule has 0 aliphatic heterocycles. The average Bonchev–Trinajstić information content (AvgIpc) is 2.55. The van der Waals surface area contributed by atoms with Crippen LogP contribution in [0.4, 0.5) is 0 Å². The minimum absolute atomic E-state index is 0.0809. The molecular weight excluding hydrogens is 196 g/mol. The molecule has 0 atom stereocenters. The Labute approximate surface area is 88.2 Å². The minimum atomic E-state index is -0.298. The second-order valence-electron chi connectivity index (χ2n) is 3.31. The fourth-order valence-electron chi connectivity index (χ4n) is 0.993. The third-order valence-electron chi connectivity index (χ3n) is 1.60. The Morgan fingerprint density at radius 2 is 2.36 bits per heavy atom. The van der Waals surface area contributed by atoms with Gasteiger partial charge < -0.3 is 4.74 Å². The van der Waals surface area contributed by atoms with E-state index < -0.39 is 0 Å². The largest absolute Gasteiger partial charge is 0.460 e. The molecule has 14 heavy (non-hydrogen) atoms. The number of esters is 1. The second-order valence-corrected chi connectivity index (χ2v) is 4.35. The van der Waals surface area contributed by atoms with E-state index in [2.05, 4.69) is 6.58 Å². The number of ether oxygens (including phenoxy) is 1. The summed E-state index contributed by atoms with van der Waals surface area (Å²) in [4.78, 5) is 12.5. The highest BCUT2D eigenvalue weighted by molar-refractivity contribution is 7.09. The van der Waals surface area contributed by atoms with E-state index in [0.29, 0.717) is 12.0 Å². The van der Waals surface area contributed by atoms with E-state index in [1.807, 2.05) is 31.4 Å². The van der Waals surface area contributed by atoms with Crippen LogP contribution < -0.4 is 0 Å². The van der Waals surface area contributed by atoms with Gasteiger partial charge in [0.15, 0.2) is 0 Å². The van der Waals surface area contributed by atoms with Crippen molar-refractivity contribution in [2.24, 2.45) is 0 Å². The van der Waals surface area contributed by atoms with Gasteiger partial charge in [-0.05, 0) is 25.3 Å². The topological polar surface area (TPSA) is 26.3 Å². The minimum Gasteiger partial charge on any atom is -0.460 e. The van der Waals surface area contributed by atoms with Gasteiger partial charge in [0.25, 0.3) is 0 Å². The quantitative estimate of drug-likeness (QED) is 0.564. The second kappa shape index (κ2) is 4.96. The summed E-state index contributed by atoms with van der Waals surface area (Å²) in [6.07, 6.45) is 0.506. The van der Waals surface area contributed by atoms with Crippen molar-refractivity contribution in [3.63, 3.8) is 0 Å². The highest BCUT2D eigenvalue weighted by Gasteiger charge is 2.11. The summed E-state index contributed by atoms with van der Waals surface area (Å²) in [7, 11) is 0. The molecule has 1 aromatic rings. The maximum absolute atomic E-state index is 11.4. The van der Waals surface area contributed by atoms with E-state index in [-0.39, 0.29) is 12.1 Å². The predicted molar refractivity (Wildman–Crippen MR) is 58.4 cm³/mol. The van der Waals surface area contributed by atoms with Gasteiger partial charge in [-0.2, -0.15) is 0 Å². The molecule has 3 heteroatoms. The van der Waals surface area contributed by atoms with Crippen molar-refractivity contribution in [3.05, 3.63) is 34.5 Å². The third kappa shape index (κ3) is 3.34. The molecule has 0 saturated carbocycles. The monoisotopic (exact) mass is 210 g/mol. The highest BCUT2D eigenvalue weighted by atomic mass is 32.1. The molecule has 1 heterocycles. The average molecular weight is 210 g/mol. The van der Waals surface area contributed by atoms with Crippen LogP contribution in [0.5, 0.6) is 0 Å². The summed E-state index contributed by atoms with van der Waals surface area (Å²) in [5.74, 6) is -0.298. The van der Waals surface area contributed by atoms with Crippen LogP contribution in [0.3, 0.4) is 0 Å². The normalized spacial score (nSPS) is 10.2. The van der Waals surface area contributed by atoms with Crippen molar-refractivity contribution in [3.8, 4) is 0 Å². The fraction of sp³-hybridized carbons (Fsp3) is 0.364. The molecule has 0 saturated heterocycles. The van der Waals surface area contributed by atoms with Crippen molar-refractivity contribution < 1.29 is 9.53 Å². The van der Waals surface area contributed by atoms with Crippen molar-refractivity contribution in [1.29, 1.82) is 0 Å². The molecule has 76 valence electrons. The molecule has 0 radical (unpaired) electrons. The molecule has 0 bridgehead atoms. The fourth-order valence-corrected chi connectivity index (χ4v) is 1.74. The molecule has 0 aliphatic carbocycles. The first-order chi connectivity index (χ1) is 6.59. The summed E-state index contributed by atoms with van der Waals surface area (Å²) in [5, 5.41) is 1.98. The van der Waals surface area contributed by atoms with Gasteiger partial charge in [0.1, 0.15) is 0 Å². The van der Waals surface area contributed by atoms with Gasteiger partial charge in [0.05, 0.1) is 6.10 Å². The molecule has 0 aromatic carbocycles. The van der Waals surface area contributed by atoms with Crippen molar-refractivity contribution >= 4 is 17.3 Å². The van der Waals surface area contributed by atoms with E-state index in [1.165, 1.54) is 0 Å². The first-order valence-corrected chi connectivity index (χ1v) is 5.38. The Bertz CT molecular complexity index is 312. The molecule has 0 aliphatic rings. The van der Waals surface area contributed by atoms with Crippen LogP contribution in [-0.2, 0) is 16.0 Å². The zero-order valence-electron chi connectivity index (χ0n) is 8.45. The number of carbonyl (C=O) groups excluding carboxylic acids is 1. The van der Waals surface area contributed by atoms with E-state index in [1.54, 1.807) is 11.3 Å². The third-order valence-corrected chi connectivity index (χ3v) is 2.48. The SMILES string of the molecule is C=C(Cc1cccs1)C(=O)OC(C)C. The number of carbonyl (C=O) groups is 1. The Morgan fingerprint density at radius 1 is 1.64 bits per heavy atom.